The first-order chi connectivity index (χ1) is 10.9. The zero-order chi connectivity index (χ0) is 18.3. The molecule has 2 N–H and O–H groups in total. The SMILES string of the molecule is CC(=O)Nc1nnc(-c2cc(C(C)(C)C)c(O)c(C(C)(C)C)c2)s1. The summed E-state index contributed by atoms with van der Waals surface area (Å²) in [5.74, 6) is 0.166. The van der Waals surface area contributed by atoms with Crippen LogP contribution in [0.3, 0.4) is 0 Å². The molecular formula is C18H25N3O2S. The van der Waals surface area contributed by atoms with Gasteiger partial charge in [-0.3, -0.25) is 4.79 Å². The van der Waals surface area contributed by atoms with Gasteiger partial charge in [0.1, 0.15) is 10.8 Å². The third-order valence-corrected chi connectivity index (χ3v) is 4.57. The number of hydrogen-bond donors (Lipinski definition) is 2. The molecule has 0 unspecified atom stereocenters. The summed E-state index contributed by atoms with van der Waals surface area (Å²) in [6, 6.07) is 3.92. The van der Waals surface area contributed by atoms with Crippen LogP contribution in [-0.4, -0.2) is 21.2 Å². The normalized spacial score (nSPS) is 12.3. The minimum Gasteiger partial charge on any atom is -0.507 e. The summed E-state index contributed by atoms with van der Waals surface area (Å²) < 4.78 is 0. The maximum Gasteiger partial charge on any atom is 0.223 e. The van der Waals surface area contributed by atoms with Gasteiger partial charge in [-0.2, -0.15) is 0 Å². The molecule has 130 valence electrons. The number of nitrogens with one attached hydrogen (secondary N) is 1. The minimum absolute atomic E-state index is 0.172. The van der Waals surface area contributed by atoms with Crippen LogP contribution in [0.5, 0.6) is 5.75 Å². The van der Waals surface area contributed by atoms with Crippen LogP contribution in [0.2, 0.25) is 0 Å². The molecule has 0 aliphatic heterocycles. The van der Waals surface area contributed by atoms with Gasteiger partial charge in [-0.25, -0.2) is 0 Å². The number of rotatable bonds is 2. The molecule has 0 saturated heterocycles. The first-order valence-electron chi connectivity index (χ1n) is 7.89. The van der Waals surface area contributed by atoms with Crippen molar-refractivity contribution in [3.05, 3.63) is 23.3 Å². The lowest BCUT2D eigenvalue weighted by Crippen LogP contribution is -2.17. The first kappa shape index (κ1) is 18.4. The zero-order valence-electron chi connectivity index (χ0n) is 15.3. The summed E-state index contributed by atoms with van der Waals surface area (Å²) in [7, 11) is 0. The third-order valence-electron chi connectivity index (χ3n) is 3.68. The number of carbonyl (C=O) groups excluding carboxylic acids is 1. The number of benzene rings is 1. The van der Waals surface area contributed by atoms with Crippen molar-refractivity contribution in [3.63, 3.8) is 0 Å². The van der Waals surface area contributed by atoms with Crippen LogP contribution in [0, 0.1) is 0 Å². The van der Waals surface area contributed by atoms with E-state index < -0.39 is 0 Å². The monoisotopic (exact) mass is 347 g/mol. The van der Waals surface area contributed by atoms with E-state index in [1.807, 2.05) is 12.1 Å². The summed E-state index contributed by atoms with van der Waals surface area (Å²) in [5.41, 5.74) is 2.25. The van der Waals surface area contributed by atoms with E-state index in [0.29, 0.717) is 10.9 Å². The molecule has 0 saturated carbocycles. The van der Waals surface area contributed by atoms with Crippen LogP contribution in [0.1, 0.15) is 59.6 Å². The summed E-state index contributed by atoms with van der Waals surface area (Å²) in [6.07, 6.45) is 0. The molecular weight excluding hydrogens is 322 g/mol. The first-order valence-corrected chi connectivity index (χ1v) is 8.70. The summed E-state index contributed by atoms with van der Waals surface area (Å²) in [5, 5.41) is 22.8. The van der Waals surface area contributed by atoms with Crippen LogP contribution in [0.15, 0.2) is 12.1 Å². The van der Waals surface area contributed by atoms with Crippen molar-refractivity contribution >= 4 is 22.4 Å². The molecule has 24 heavy (non-hydrogen) atoms. The summed E-state index contributed by atoms with van der Waals surface area (Å²) in [4.78, 5) is 11.2. The molecule has 1 aromatic carbocycles. The van der Waals surface area contributed by atoms with Crippen molar-refractivity contribution in [2.45, 2.75) is 59.3 Å². The van der Waals surface area contributed by atoms with Crippen molar-refractivity contribution in [2.24, 2.45) is 0 Å². The molecule has 5 nitrogen and oxygen atoms in total. The van der Waals surface area contributed by atoms with Gasteiger partial charge in [0, 0.05) is 23.6 Å². The predicted octanol–water partition coefficient (Wildman–Crippen LogP) is 4.46. The fourth-order valence-electron chi connectivity index (χ4n) is 2.44. The van der Waals surface area contributed by atoms with Gasteiger partial charge in [0.05, 0.1) is 0 Å². The molecule has 0 aliphatic rings. The standard InChI is InChI=1S/C18H25N3O2S/c1-10(22)19-16-21-20-15(24-16)11-8-12(17(2,3)4)14(23)13(9-11)18(5,6)7/h8-9,23H,1-7H3,(H,19,21,22). The molecule has 1 amide bonds. The van der Waals surface area contributed by atoms with Crippen molar-refractivity contribution < 1.29 is 9.90 Å². The number of carbonyl (C=O) groups is 1. The average Bonchev–Trinajstić information content (AvgIpc) is 2.83. The molecule has 6 heteroatoms. The topological polar surface area (TPSA) is 75.1 Å². The largest absolute Gasteiger partial charge is 0.507 e. The lowest BCUT2D eigenvalue weighted by molar-refractivity contribution is -0.114. The Kier molecular flexibility index (Phi) is 4.72. The van der Waals surface area contributed by atoms with Gasteiger partial charge >= 0.3 is 0 Å². The van der Waals surface area contributed by atoms with Crippen molar-refractivity contribution in [1.82, 2.24) is 10.2 Å². The van der Waals surface area contributed by atoms with Gasteiger partial charge in [-0.05, 0) is 23.0 Å². The van der Waals surface area contributed by atoms with Gasteiger partial charge in [0.2, 0.25) is 11.0 Å². The highest BCUT2D eigenvalue weighted by molar-refractivity contribution is 7.18. The Morgan fingerprint density at radius 1 is 1.04 bits per heavy atom. The number of amides is 1. The highest BCUT2D eigenvalue weighted by Crippen LogP contribution is 2.42. The highest BCUT2D eigenvalue weighted by Gasteiger charge is 2.27. The van der Waals surface area contributed by atoms with Crippen LogP contribution in [-0.2, 0) is 15.6 Å². The van der Waals surface area contributed by atoms with Gasteiger partial charge in [0.25, 0.3) is 0 Å². The fraction of sp³-hybridized carbons (Fsp3) is 0.500. The lowest BCUT2D eigenvalue weighted by atomic mass is 9.78. The Hall–Kier alpha value is -1.95. The van der Waals surface area contributed by atoms with E-state index in [1.54, 1.807) is 0 Å². The quantitative estimate of drug-likeness (QED) is 0.841. The Labute approximate surface area is 147 Å². The number of anilines is 1. The van der Waals surface area contributed by atoms with E-state index in [1.165, 1.54) is 18.3 Å². The van der Waals surface area contributed by atoms with Crippen molar-refractivity contribution in [3.8, 4) is 16.3 Å². The van der Waals surface area contributed by atoms with Crippen molar-refractivity contribution in [2.75, 3.05) is 5.32 Å². The van der Waals surface area contributed by atoms with Crippen molar-refractivity contribution in [1.29, 1.82) is 0 Å². The molecule has 2 rings (SSSR count). The molecule has 0 bridgehead atoms. The average molecular weight is 347 g/mol. The fourth-order valence-corrected chi connectivity index (χ4v) is 3.22. The number of phenols is 1. The number of hydrogen-bond acceptors (Lipinski definition) is 5. The Morgan fingerprint density at radius 2 is 1.54 bits per heavy atom. The number of aromatic nitrogens is 2. The second-order valence-corrected chi connectivity index (χ2v) is 8.99. The van der Waals surface area contributed by atoms with Crippen LogP contribution >= 0.6 is 11.3 Å². The Balaban J connectivity index is 2.62. The molecule has 0 fully saturated rings. The lowest BCUT2D eigenvalue weighted by Gasteiger charge is -2.27. The number of aromatic hydroxyl groups is 1. The van der Waals surface area contributed by atoms with Gasteiger partial charge < -0.3 is 10.4 Å². The minimum atomic E-state index is -0.203. The second kappa shape index (κ2) is 6.16. The van der Waals surface area contributed by atoms with E-state index in [0.717, 1.165) is 21.7 Å². The van der Waals surface area contributed by atoms with Gasteiger partial charge in [-0.15, -0.1) is 10.2 Å². The Morgan fingerprint density at radius 3 is 1.96 bits per heavy atom. The third kappa shape index (κ3) is 3.93. The maximum atomic E-state index is 11.2. The Bertz CT molecular complexity index is 732. The van der Waals surface area contributed by atoms with Crippen LogP contribution < -0.4 is 5.32 Å². The van der Waals surface area contributed by atoms with Gasteiger partial charge in [0.15, 0.2) is 0 Å². The maximum absolute atomic E-state index is 11.2. The van der Waals surface area contributed by atoms with Crippen LogP contribution in [0.25, 0.3) is 10.6 Å². The molecule has 0 aliphatic carbocycles. The number of nitrogens with zero attached hydrogens (tertiary/aromatic N) is 2. The molecule has 1 heterocycles. The summed E-state index contributed by atoms with van der Waals surface area (Å²) >= 11 is 1.32. The van der Waals surface area contributed by atoms with E-state index in [-0.39, 0.29) is 16.7 Å². The smallest absolute Gasteiger partial charge is 0.223 e. The molecule has 0 atom stereocenters. The second-order valence-electron chi connectivity index (χ2n) is 8.01. The van der Waals surface area contributed by atoms with Gasteiger partial charge in [-0.1, -0.05) is 52.9 Å². The van der Waals surface area contributed by atoms with E-state index in [4.69, 9.17) is 0 Å². The van der Waals surface area contributed by atoms with E-state index >= 15 is 0 Å². The molecule has 2 aromatic rings. The van der Waals surface area contributed by atoms with Crippen LogP contribution in [0.4, 0.5) is 5.13 Å². The zero-order valence-corrected chi connectivity index (χ0v) is 16.1. The van der Waals surface area contributed by atoms with E-state index in [2.05, 4.69) is 57.1 Å². The summed E-state index contributed by atoms with van der Waals surface area (Å²) in [6.45, 7) is 13.9. The predicted molar refractivity (Wildman–Crippen MR) is 98.7 cm³/mol. The highest BCUT2D eigenvalue weighted by atomic mass is 32.1. The molecule has 1 aromatic heterocycles. The molecule has 0 radical (unpaired) electrons. The molecule has 0 spiro atoms. The van der Waals surface area contributed by atoms with E-state index in [9.17, 15) is 9.90 Å². The number of phenolic OH excluding ortho intramolecular Hbond substituents is 1.